The second-order valence-electron chi connectivity index (χ2n) is 3.14. The van der Waals surface area contributed by atoms with Crippen LogP contribution in [0.5, 0.6) is 0 Å². The van der Waals surface area contributed by atoms with E-state index in [9.17, 15) is 26.8 Å². The lowest BCUT2D eigenvalue weighted by molar-refractivity contribution is -0.131. The van der Waals surface area contributed by atoms with Gasteiger partial charge in [0.2, 0.25) is 0 Å². The van der Waals surface area contributed by atoms with E-state index in [1.165, 1.54) is 0 Å². The van der Waals surface area contributed by atoms with Crippen molar-refractivity contribution in [2.24, 2.45) is 0 Å². The quantitative estimate of drug-likeness (QED) is 0.639. The molecule has 92 valence electrons. The van der Waals surface area contributed by atoms with Crippen LogP contribution in [0.2, 0.25) is 0 Å². The molecule has 1 N–H and O–H groups in total. The first kappa shape index (κ1) is 13.2. The van der Waals surface area contributed by atoms with Crippen LogP contribution in [-0.2, 0) is 14.6 Å². The first-order chi connectivity index (χ1) is 7.66. The van der Waals surface area contributed by atoms with Crippen LogP contribution in [0.1, 0.15) is 10.4 Å². The number of halogens is 2. The SMILES string of the molecule is CS(=O)(=O)c1c(F)ccc(C(=O)C(=O)O)c1F. The van der Waals surface area contributed by atoms with Gasteiger partial charge in [0.25, 0.3) is 5.78 Å². The Labute approximate surface area is 94.6 Å². The number of hydrogen-bond donors (Lipinski definition) is 1. The van der Waals surface area contributed by atoms with Crippen LogP contribution < -0.4 is 0 Å². The second kappa shape index (κ2) is 4.21. The number of ketones is 1. The van der Waals surface area contributed by atoms with Crippen molar-refractivity contribution in [2.75, 3.05) is 6.26 Å². The summed E-state index contributed by atoms with van der Waals surface area (Å²) in [4.78, 5) is 20.0. The van der Waals surface area contributed by atoms with Gasteiger partial charge in [-0.2, -0.15) is 0 Å². The molecule has 1 aromatic rings. The Morgan fingerprint density at radius 3 is 2.18 bits per heavy atom. The number of hydrogen-bond acceptors (Lipinski definition) is 4. The Bertz CT molecular complexity index is 606. The average molecular weight is 264 g/mol. The van der Waals surface area contributed by atoms with Gasteiger partial charge >= 0.3 is 5.97 Å². The van der Waals surface area contributed by atoms with Crippen molar-refractivity contribution >= 4 is 21.6 Å². The zero-order chi connectivity index (χ0) is 13.4. The smallest absolute Gasteiger partial charge is 0.377 e. The standard InChI is InChI=1S/C9H6F2O5S/c1-17(15,16)8-5(10)3-2-4(6(8)11)7(12)9(13)14/h2-3H,1H3,(H,13,14). The van der Waals surface area contributed by atoms with Crippen molar-refractivity contribution in [3.63, 3.8) is 0 Å². The molecule has 0 saturated carbocycles. The Kier molecular flexibility index (Phi) is 3.28. The molecule has 0 spiro atoms. The Balaban J connectivity index is 3.61. The summed E-state index contributed by atoms with van der Waals surface area (Å²) >= 11 is 0. The highest BCUT2D eigenvalue weighted by atomic mass is 32.2. The molecule has 0 fully saturated rings. The lowest BCUT2D eigenvalue weighted by Crippen LogP contribution is -2.17. The summed E-state index contributed by atoms with van der Waals surface area (Å²) in [5.74, 6) is -6.69. The van der Waals surface area contributed by atoms with E-state index in [-0.39, 0.29) is 0 Å². The predicted molar refractivity (Wildman–Crippen MR) is 51.4 cm³/mol. The van der Waals surface area contributed by atoms with E-state index in [0.29, 0.717) is 18.4 Å². The minimum atomic E-state index is -4.24. The van der Waals surface area contributed by atoms with Gasteiger partial charge in [0.1, 0.15) is 10.7 Å². The van der Waals surface area contributed by atoms with Crippen LogP contribution in [0.3, 0.4) is 0 Å². The van der Waals surface area contributed by atoms with Crippen molar-refractivity contribution in [3.8, 4) is 0 Å². The summed E-state index contributed by atoms with van der Waals surface area (Å²) in [7, 11) is -4.24. The van der Waals surface area contributed by atoms with Crippen molar-refractivity contribution < 1.29 is 31.9 Å². The largest absolute Gasteiger partial charge is 0.475 e. The second-order valence-corrected chi connectivity index (χ2v) is 5.10. The number of Topliss-reactive ketones (excluding diaryl/α,β-unsaturated/α-hetero) is 1. The first-order valence-corrected chi connectivity index (χ1v) is 6.01. The molecule has 0 aliphatic carbocycles. The number of sulfone groups is 1. The van der Waals surface area contributed by atoms with Crippen molar-refractivity contribution in [1.82, 2.24) is 0 Å². The van der Waals surface area contributed by atoms with Gasteiger partial charge in [0, 0.05) is 6.26 Å². The van der Waals surface area contributed by atoms with E-state index in [4.69, 9.17) is 5.11 Å². The third kappa shape index (κ3) is 2.47. The molecule has 5 nitrogen and oxygen atoms in total. The van der Waals surface area contributed by atoms with Crippen LogP contribution in [0.25, 0.3) is 0 Å². The molecule has 17 heavy (non-hydrogen) atoms. The van der Waals surface area contributed by atoms with Crippen LogP contribution in [-0.4, -0.2) is 31.5 Å². The number of carboxylic acids is 1. The highest BCUT2D eigenvalue weighted by molar-refractivity contribution is 7.90. The van der Waals surface area contributed by atoms with E-state index in [2.05, 4.69) is 0 Å². The number of aliphatic carboxylic acids is 1. The number of carbonyl (C=O) groups excluding carboxylic acids is 1. The van der Waals surface area contributed by atoms with Gasteiger partial charge in [0.15, 0.2) is 15.7 Å². The fourth-order valence-corrected chi connectivity index (χ4v) is 2.02. The summed E-state index contributed by atoms with van der Waals surface area (Å²) in [6.45, 7) is 0. The molecule has 0 heterocycles. The third-order valence-electron chi connectivity index (χ3n) is 1.86. The maximum absolute atomic E-state index is 13.5. The highest BCUT2D eigenvalue weighted by Crippen LogP contribution is 2.22. The summed E-state index contributed by atoms with van der Waals surface area (Å²) in [5, 5.41) is 8.36. The molecular weight excluding hydrogens is 258 g/mol. The Hall–Kier alpha value is -1.83. The van der Waals surface area contributed by atoms with Gasteiger partial charge < -0.3 is 5.11 Å². The summed E-state index contributed by atoms with van der Waals surface area (Å²) in [5.41, 5.74) is -1.00. The summed E-state index contributed by atoms with van der Waals surface area (Å²) in [6.07, 6.45) is 0.545. The molecule has 1 aromatic carbocycles. The van der Waals surface area contributed by atoms with Crippen molar-refractivity contribution in [1.29, 1.82) is 0 Å². The number of benzene rings is 1. The van der Waals surface area contributed by atoms with Gasteiger partial charge in [-0.25, -0.2) is 22.0 Å². The third-order valence-corrected chi connectivity index (χ3v) is 2.97. The fourth-order valence-electron chi connectivity index (χ4n) is 1.16. The molecule has 0 amide bonds. The van der Waals surface area contributed by atoms with Gasteiger partial charge in [0.05, 0.1) is 5.56 Å². The van der Waals surface area contributed by atoms with Gasteiger partial charge in [-0.05, 0) is 12.1 Å². The Morgan fingerprint density at radius 2 is 1.76 bits per heavy atom. The van der Waals surface area contributed by atoms with Crippen molar-refractivity contribution in [2.45, 2.75) is 4.90 Å². The van der Waals surface area contributed by atoms with Crippen LogP contribution in [0.15, 0.2) is 17.0 Å². The average Bonchev–Trinajstić information content (AvgIpc) is 2.14. The van der Waals surface area contributed by atoms with Crippen LogP contribution in [0, 0.1) is 11.6 Å². The monoisotopic (exact) mass is 264 g/mol. The van der Waals surface area contributed by atoms with Gasteiger partial charge in [-0.1, -0.05) is 0 Å². The molecular formula is C9H6F2O5S. The zero-order valence-corrected chi connectivity index (χ0v) is 9.22. The fraction of sp³-hybridized carbons (Fsp3) is 0.111. The molecule has 0 aromatic heterocycles. The zero-order valence-electron chi connectivity index (χ0n) is 8.40. The number of rotatable bonds is 3. The van der Waals surface area contributed by atoms with E-state index in [1.807, 2.05) is 0 Å². The lowest BCUT2D eigenvalue weighted by Gasteiger charge is -2.05. The summed E-state index contributed by atoms with van der Waals surface area (Å²) < 4.78 is 48.8. The highest BCUT2D eigenvalue weighted by Gasteiger charge is 2.27. The molecule has 0 saturated heterocycles. The molecule has 0 aliphatic rings. The van der Waals surface area contributed by atoms with E-state index < -0.39 is 43.7 Å². The predicted octanol–water partition coefficient (Wildman–Crippen LogP) is 0.636. The minimum absolute atomic E-state index is 0.523. The molecule has 0 aliphatic heterocycles. The van der Waals surface area contributed by atoms with Gasteiger partial charge in [-0.15, -0.1) is 0 Å². The number of carboxylic acid groups (broad SMARTS) is 1. The maximum atomic E-state index is 13.5. The van der Waals surface area contributed by atoms with E-state index in [1.54, 1.807) is 0 Å². The number of carbonyl (C=O) groups is 2. The minimum Gasteiger partial charge on any atom is -0.475 e. The first-order valence-electron chi connectivity index (χ1n) is 4.12. The summed E-state index contributed by atoms with van der Waals surface area (Å²) in [6, 6.07) is 1.10. The topological polar surface area (TPSA) is 88.5 Å². The van der Waals surface area contributed by atoms with Crippen LogP contribution >= 0.6 is 0 Å². The Morgan fingerprint density at radius 1 is 1.24 bits per heavy atom. The van der Waals surface area contributed by atoms with Crippen LogP contribution in [0.4, 0.5) is 8.78 Å². The molecule has 0 radical (unpaired) electrons. The lowest BCUT2D eigenvalue weighted by atomic mass is 10.1. The maximum Gasteiger partial charge on any atom is 0.377 e. The molecule has 0 atom stereocenters. The molecule has 1 rings (SSSR count). The van der Waals surface area contributed by atoms with Gasteiger partial charge in [-0.3, -0.25) is 4.79 Å². The van der Waals surface area contributed by atoms with E-state index in [0.717, 1.165) is 0 Å². The van der Waals surface area contributed by atoms with Crippen molar-refractivity contribution in [3.05, 3.63) is 29.3 Å². The molecule has 0 bridgehead atoms. The normalized spacial score (nSPS) is 11.2. The van der Waals surface area contributed by atoms with E-state index >= 15 is 0 Å². The molecule has 8 heteroatoms. The molecule has 0 unspecified atom stereocenters.